The van der Waals surface area contributed by atoms with Gasteiger partial charge in [-0.15, -0.1) is 0 Å². The molecule has 0 radical (unpaired) electrons. The molecule has 4 aliphatic carbocycles. The van der Waals surface area contributed by atoms with E-state index in [9.17, 15) is 9.59 Å². The van der Waals surface area contributed by atoms with Crippen molar-refractivity contribution >= 4 is 33.4 Å². The monoisotopic (exact) mass is 484 g/mol. The molecule has 5 nitrogen and oxygen atoms in total. The summed E-state index contributed by atoms with van der Waals surface area (Å²) in [7, 11) is 0. The second-order valence-electron chi connectivity index (χ2n) is 10.0. The number of hydrogen-bond acceptors (Lipinski definition) is 3. The number of alkyl halides is 1. The highest BCUT2D eigenvalue weighted by Gasteiger charge is 2.57. The summed E-state index contributed by atoms with van der Waals surface area (Å²) >= 11 is 4.04. The lowest BCUT2D eigenvalue weighted by atomic mass is 9.48. The van der Waals surface area contributed by atoms with Crippen molar-refractivity contribution in [2.45, 2.75) is 55.8 Å². The van der Waals surface area contributed by atoms with Crippen LogP contribution in [0, 0.1) is 17.3 Å². The first-order valence-electron chi connectivity index (χ1n) is 11.2. The molecule has 2 atom stereocenters. The Kier molecular flexibility index (Phi) is 5.45. The molecule has 1 aromatic heterocycles. The van der Waals surface area contributed by atoms with Gasteiger partial charge in [0.15, 0.2) is 0 Å². The molecule has 164 valence electrons. The molecule has 4 aliphatic rings. The Labute approximate surface area is 191 Å². The number of para-hydroxylation sites is 1. The zero-order chi connectivity index (χ0) is 21.5. The van der Waals surface area contributed by atoms with Crippen molar-refractivity contribution in [2.75, 3.05) is 11.9 Å². The number of benzene rings is 1. The molecule has 6 rings (SSSR count). The topological polar surface area (TPSA) is 62.6 Å². The molecule has 0 aliphatic heterocycles. The van der Waals surface area contributed by atoms with Crippen molar-refractivity contribution in [3.05, 3.63) is 54.5 Å². The van der Waals surface area contributed by atoms with Gasteiger partial charge in [0, 0.05) is 16.4 Å². The quantitative estimate of drug-likeness (QED) is 0.537. The van der Waals surface area contributed by atoms with Gasteiger partial charge in [0.05, 0.1) is 12.8 Å². The molecule has 2 aromatic rings. The van der Waals surface area contributed by atoms with Gasteiger partial charge in [0.2, 0.25) is 11.8 Å². The van der Waals surface area contributed by atoms with Crippen molar-refractivity contribution in [1.29, 1.82) is 0 Å². The van der Waals surface area contributed by atoms with Crippen LogP contribution in [0.5, 0.6) is 0 Å². The summed E-state index contributed by atoms with van der Waals surface area (Å²) in [5.74, 6) is 2.02. The highest BCUT2D eigenvalue weighted by atomic mass is 79.9. The Hall–Kier alpha value is -2.08. The molecule has 0 spiro atoms. The Bertz CT molecular complexity index is 929. The van der Waals surface area contributed by atoms with Crippen molar-refractivity contribution in [1.82, 2.24) is 4.90 Å². The van der Waals surface area contributed by atoms with E-state index >= 15 is 0 Å². The van der Waals surface area contributed by atoms with Gasteiger partial charge in [-0.05, 0) is 80.0 Å². The van der Waals surface area contributed by atoms with Crippen LogP contribution in [0.1, 0.15) is 50.7 Å². The van der Waals surface area contributed by atoms with Crippen LogP contribution in [-0.4, -0.2) is 27.6 Å². The van der Waals surface area contributed by atoms with Crippen LogP contribution in [0.4, 0.5) is 5.69 Å². The fourth-order valence-corrected chi connectivity index (χ4v) is 8.20. The zero-order valence-electron chi connectivity index (χ0n) is 17.7. The van der Waals surface area contributed by atoms with E-state index in [2.05, 4.69) is 21.2 Å². The molecule has 31 heavy (non-hydrogen) atoms. The van der Waals surface area contributed by atoms with Crippen LogP contribution >= 0.6 is 15.9 Å². The summed E-state index contributed by atoms with van der Waals surface area (Å²) in [4.78, 5) is 27.9. The summed E-state index contributed by atoms with van der Waals surface area (Å²) in [6, 6.07) is 13.0. The molecule has 6 heteroatoms. The number of hydrogen-bond donors (Lipinski definition) is 1. The minimum absolute atomic E-state index is 0.0246. The molecule has 4 bridgehead atoms. The van der Waals surface area contributed by atoms with Gasteiger partial charge in [0.1, 0.15) is 12.3 Å². The molecule has 0 saturated heterocycles. The molecule has 1 heterocycles. The predicted octanol–water partition coefficient (Wildman–Crippen LogP) is 5.37. The molecule has 4 fully saturated rings. The largest absolute Gasteiger partial charge is 0.467 e. The molecular formula is C25H29BrN2O3. The number of anilines is 1. The zero-order valence-corrected chi connectivity index (χ0v) is 19.3. The summed E-state index contributed by atoms with van der Waals surface area (Å²) in [6.07, 6.45) is 9.30. The lowest BCUT2D eigenvalue weighted by molar-refractivity contribution is -0.141. The maximum atomic E-state index is 13.5. The van der Waals surface area contributed by atoms with Crippen molar-refractivity contribution in [3.8, 4) is 0 Å². The van der Waals surface area contributed by atoms with Crippen LogP contribution in [0.3, 0.4) is 0 Å². The second kappa shape index (κ2) is 8.12. The summed E-state index contributed by atoms with van der Waals surface area (Å²) in [5, 5.41) is 2.90. The van der Waals surface area contributed by atoms with Crippen molar-refractivity contribution < 1.29 is 14.0 Å². The maximum Gasteiger partial charge on any atom is 0.244 e. The lowest BCUT2D eigenvalue weighted by Gasteiger charge is -2.60. The number of amides is 2. The first-order valence-corrected chi connectivity index (χ1v) is 12.0. The predicted molar refractivity (Wildman–Crippen MR) is 123 cm³/mol. The molecule has 2 amide bonds. The molecule has 1 N–H and O–H groups in total. The smallest absolute Gasteiger partial charge is 0.244 e. The normalized spacial score (nSPS) is 30.9. The fourth-order valence-electron chi connectivity index (χ4n) is 6.69. The number of nitrogens with zero attached hydrogens (tertiary/aromatic N) is 1. The number of halogens is 1. The second-order valence-corrected chi connectivity index (χ2v) is 11.7. The Morgan fingerprint density at radius 2 is 1.81 bits per heavy atom. The van der Waals surface area contributed by atoms with E-state index < -0.39 is 0 Å². The van der Waals surface area contributed by atoms with Crippen LogP contribution in [0.25, 0.3) is 0 Å². The van der Waals surface area contributed by atoms with Crippen LogP contribution in [0.2, 0.25) is 0 Å². The highest BCUT2D eigenvalue weighted by molar-refractivity contribution is 9.10. The van der Waals surface area contributed by atoms with E-state index in [1.807, 2.05) is 42.5 Å². The van der Waals surface area contributed by atoms with Gasteiger partial charge < -0.3 is 14.6 Å². The van der Waals surface area contributed by atoms with E-state index in [0.717, 1.165) is 36.8 Å². The van der Waals surface area contributed by atoms with E-state index in [-0.39, 0.29) is 28.1 Å². The maximum absolute atomic E-state index is 13.5. The third-order valence-electron chi connectivity index (χ3n) is 7.31. The van der Waals surface area contributed by atoms with Gasteiger partial charge >= 0.3 is 0 Å². The first-order chi connectivity index (χ1) is 14.9. The lowest BCUT2D eigenvalue weighted by Crippen LogP contribution is -2.54. The van der Waals surface area contributed by atoms with E-state index in [4.69, 9.17) is 4.42 Å². The van der Waals surface area contributed by atoms with Crippen molar-refractivity contribution in [2.24, 2.45) is 17.3 Å². The van der Waals surface area contributed by atoms with Crippen molar-refractivity contribution in [3.63, 3.8) is 0 Å². The van der Waals surface area contributed by atoms with Gasteiger partial charge in [0.25, 0.3) is 0 Å². The van der Waals surface area contributed by atoms with E-state index in [0.29, 0.717) is 18.7 Å². The number of nitrogens with one attached hydrogen (secondary N) is 1. The Morgan fingerprint density at radius 1 is 1.06 bits per heavy atom. The summed E-state index contributed by atoms with van der Waals surface area (Å²) < 4.78 is 5.71. The minimum Gasteiger partial charge on any atom is -0.467 e. The Balaban J connectivity index is 1.30. The number of carbonyl (C=O) groups excluding carboxylic acids is 2. The summed E-state index contributed by atoms with van der Waals surface area (Å²) in [5.41, 5.74) is 0.808. The third-order valence-corrected chi connectivity index (χ3v) is 8.24. The van der Waals surface area contributed by atoms with E-state index in [1.54, 1.807) is 11.2 Å². The van der Waals surface area contributed by atoms with Gasteiger partial charge in [-0.1, -0.05) is 34.1 Å². The minimum atomic E-state index is -0.186. The van der Waals surface area contributed by atoms with Gasteiger partial charge in [-0.2, -0.15) is 0 Å². The van der Waals surface area contributed by atoms with E-state index in [1.165, 1.54) is 19.3 Å². The molecule has 2 unspecified atom stereocenters. The highest BCUT2D eigenvalue weighted by Crippen LogP contribution is 2.65. The number of carbonyl (C=O) groups is 2. The molecular weight excluding hydrogens is 456 g/mol. The summed E-state index contributed by atoms with van der Waals surface area (Å²) in [6.45, 7) is 0.341. The van der Waals surface area contributed by atoms with Gasteiger partial charge in [-0.25, -0.2) is 0 Å². The third kappa shape index (κ3) is 4.59. The number of furan rings is 1. The Morgan fingerprint density at radius 3 is 2.45 bits per heavy atom. The average Bonchev–Trinajstić information content (AvgIpc) is 3.19. The fraction of sp³-hybridized carbons (Fsp3) is 0.520. The first kappa shape index (κ1) is 20.8. The number of rotatable bonds is 7. The average molecular weight is 485 g/mol. The standard InChI is InChI=1S/C25H29BrN2O3/c26-25-12-18-9-19(13-25)11-24(10-18,17-25)14-23(30)28(15-21-7-4-8-31-21)16-22(29)27-20-5-2-1-3-6-20/h1-8,18-19H,9-17H2,(H,27,29). The van der Waals surface area contributed by atoms with Crippen LogP contribution in [0.15, 0.2) is 53.1 Å². The molecule has 4 saturated carbocycles. The van der Waals surface area contributed by atoms with Crippen LogP contribution < -0.4 is 5.32 Å². The van der Waals surface area contributed by atoms with Crippen LogP contribution in [-0.2, 0) is 16.1 Å². The molecule has 1 aromatic carbocycles. The van der Waals surface area contributed by atoms with Gasteiger partial charge in [-0.3, -0.25) is 9.59 Å². The SMILES string of the molecule is O=C(CN(Cc1ccco1)C(=O)CC12CC3CC(CC(Br)(C3)C1)C2)Nc1ccccc1.